The van der Waals surface area contributed by atoms with Gasteiger partial charge in [-0.1, -0.05) is 0 Å². The zero-order valence-corrected chi connectivity index (χ0v) is 10.8. The third-order valence-electron chi connectivity index (χ3n) is 3.73. The van der Waals surface area contributed by atoms with Crippen LogP contribution in [0.4, 0.5) is 0 Å². The van der Waals surface area contributed by atoms with Crippen molar-refractivity contribution in [3.05, 3.63) is 30.4 Å². The Hall–Kier alpha value is -1.95. The number of carbonyl (C=O) groups excluding carboxylic acids is 1. The molecule has 6 heteroatoms. The van der Waals surface area contributed by atoms with Gasteiger partial charge >= 0.3 is 0 Å². The number of hydrogen-bond donors (Lipinski definition) is 2. The second-order valence-corrected chi connectivity index (χ2v) is 4.98. The maximum Gasteiger partial charge on any atom is 0.255 e. The zero-order chi connectivity index (χ0) is 13.2. The first kappa shape index (κ1) is 12.1. The molecule has 0 aromatic carbocycles. The zero-order valence-electron chi connectivity index (χ0n) is 10.8. The first-order valence-corrected chi connectivity index (χ1v) is 6.54. The second kappa shape index (κ2) is 4.97. The van der Waals surface area contributed by atoms with Gasteiger partial charge in [0.05, 0.1) is 23.5 Å². The van der Waals surface area contributed by atoms with Crippen LogP contribution in [0.5, 0.6) is 0 Å². The molecule has 3 rings (SSSR count). The molecule has 0 aliphatic carbocycles. The molecule has 6 nitrogen and oxygen atoms in total. The molecule has 1 aliphatic rings. The fourth-order valence-corrected chi connectivity index (χ4v) is 2.52. The molecular formula is C13H17N5O. The molecule has 2 unspecified atom stereocenters. The van der Waals surface area contributed by atoms with Gasteiger partial charge in [-0.2, -0.15) is 5.10 Å². The second-order valence-electron chi connectivity index (χ2n) is 4.98. The van der Waals surface area contributed by atoms with Crippen LogP contribution < -0.4 is 10.6 Å². The summed E-state index contributed by atoms with van der Waals surface area (Å²) in [6.07, 6.45) is 7.73. The molecule has 1 fully saturated rings. The lowest BCUT2D eigenvalue weighted by Gasteiger charge is -2.19. The van der Waals surface area contributed by atoms with E-state index < -0.39 is 0 Å². The van der Waals surface area contributed by atoms with Gasteiger partial charge in [-0.05, 0) is 32.4 Å². The average molecular weight is 259 g/mol. The Kier molecular flexibility index (Phi) is 3.16. The molecule has 2 aromatic heterocycles. The average Bonchev–Trinajstić information content (AvgIpc) is 3.08. The summed E-state index contributed by atoms with van der Waals surface area (Å²) in [7, 11) is 0. The molecule has 19 heavy (non-hydrogen) atoms. The smallest absolute Gasteiger partial charge is 0.255 e. The molecule has 0 saturated carbocycles. The van der Waals surface area contributed by atoms with Crippen LogP contribution in [0.25, 0.3) is 5.52 Å². The van der Waals surface area contributed by atoms with Gasteiger partial charge in [0.15, 0.2) is 0 Å². The van der Waals surface area contributed by atoms with Gasteiger partial charge in [0.2, 0.25) is 0 Å². The Morgan fingerprint density at radius 1 is 1.58 bits per heavy atom. The third-order valence-corrected chi connectivity index (χ3v) is 3.73. The third kappa shape index (κ3) is 2.31. The van der Waals surface area contributed by atoms with Gasteiger partial charge in [0, 0.05) is 18.4 Å². The normalized spacial score (nSPS) is 20.6. The van der Waals surface area contributed by atoms with E-state index in [1.165, 1.54) is 0 Å². The summed E-state index contributed by atoms with van der Waals surface area (Å²) >= 11 is 0. The van der Waals surface area contributed by atoms with Crippen LogP contribution in [-0.4, -0.2) is 39.6 Å². The number of rotatable bonds is 3. The lowest BCUT2D eigenvalue weighted by atomic mass is 10.0. The topological polar surface area (TPSA) is 71.3 Å². The predicted molar refractivity (Wildman–Crippen MR) is 70.9 cm³/mol. The van der Waals surface area contributed by atoms with E-state index in [-0.39, 0.29) is 11.9 Å². The number of hydrogen-bond acceptors (Lipinski definition) is 4. The van der Waals surface area contributed by atoms with Crippen LogP contribution >= 0.6 is 0 Å². The van der Waals surface area contributed by atoms with Gasteiger partial charge in [-0.15, -0.1) is 0 Å². The minimum atomic E-state index is -0.0811. The van der Waals surface area contributed by atoms with Crippen molar-refractivity contribution in [1.29, 1.82) is 0 Å². The highest BCUT2D eigenvalue weighted by molar-refractivity contribution is 6.00. The number of aromatic nitrogens is 3. The summed E-state index contributed by atoms with van der Waals surface area (Å²) < 4.78 is 1.66. The number of nitrogens with one attached hydrogen (secondary N) is 2. The van der Waals surface area contributed by atoms with Gasteiger partial charge < -0.3 is 10.6 Å². The van der Waals surface area contributed by atoms with Crippen LogP contribution in [0, 0.1) is 5.92 Å². The highest BCUT2D eigenvalue weighted by atomic mass is 16.1. The molecule has 1 amide bonds. The molecule has 0 spiro atoms. The van der Waals surface area contributed by atoms with E-state index in [1.807, 2.05) is 0 Å². The fourth-order valence-electron chi connectivity index (χ4n) is 2.52. The molecule has 1 saturated heterocycles. The standard InChI is InChI=1S/C13H17N5O/c1-9(10-2-3-14-6-10)17-13(19)11-7-16-18-5-4-15-8-12(11)18/h4-5,7-10,14H,2-3,6H2,1H3,(H,17,19). The van der Waals surface area contributed by atoms with Crippen molar-refractivity contribution in [2.75, 3.05) is 13.1 Å². The minimum Gasteiger partial charge on any atom is -0.349 e. The number of nitrogens with zero attached hydrogens (tertiary/aromatic N) is 3. The van der Waals surface area contributed by atoms with E-state index >= 15 is 0 Å². The first-order chi connectivity index (χ1) is 9.25. The molecule has 3 heterocycles. The molecule has 0 bridgehead atoms. The van der Waals surface area contributed by atoms with Crippen LogP contribution in [0.15, 0.2) is 24.8 Å². The first-order valence-electron chi connectivity index (χ1n) is 6.54. The molecule has 100 valence electrons. The summed E-state index contributed by atoms with van der Waals surface area (Å²) in [4.78, 5) is 16.3. The largest absolute Gasteiger partial charge is 0.349 e. The summed E-state index contributed by atoms with van der Waals surface area (Å²) in [5, 5.41) is 10.5. The van der Waals surface area contributed by atoms with E-state index in [9.17, 15) is 4.79 Å². The Labute approximate surface area is 111 Å². The summed E-state index contributed by atoms with van der Waals surface area (Å²) in [5.41, 5.74) is 1.31. The highest BCUT2D eigenvalue weighted by Gasteiger charge is 2.23. The highest BCUT2D eigenvalue weighted by Crippen LogP contribution is 2.14. The number of carbonyl (C=O) groups is 1. The molecule has 1 aliphatic heterocycles. The van der Waals surface area contributed by atoms with Crippen molar-refractivity contribution in [2.24, 2.45) is 5.92 Å². The summed E-state index contributed by atoms with van der Waals surface area (Å²) in [5.74, 6) is 0.423. The Balaban J connectivity index is 1.76. The van der Waals surface area contributed by atoms with E-state index in [0.717, 1.165) is 25.0 Å². The van der Waals surface area contributed by atoms with Crippen molar-refractivity contribution < 1.29 is 4.79 Å². The molecule has 2 aromatic rings. The minimum absolute atomic E-state index is 0.0811. The van der Waals surface area contributed by atoms with Crippen molar-refractivity contribution in [3.63, 3.8) is 0 Å². The van der Waals surface area contributed by atoms with Gasteiger partial charge in [0.1, 0.15) is 0 Å². The monoisotopic (exact) mass is 259 g/mol. The van der Waals surface area contributed by atoms with E-state index in [0.29, 0.717) is 11.5 Å². The molecular weight excluding hydrogens is 242 g/mol. The van der Waals surface area contributed by atoms with Gasteiger partial charge in [0.25, 0.3) is 5.91 Å². The predicted octanol–water partition coefficient (Wildman–Crippen LogP) is 0.457. The Morgan fingerprint density at radius 3 is 3.26 bits per heavy atom. The molecule has 0 radical (unpaired) electrons. The van der Waals surface area contributed by atoms with Crippen LogP contribution in [0.3, 0.4) is 0 Å². The van der Waals surface area contributed by atoms with Crippen molar-refractivity contribution in [2.45, 2.75) is 19.4 Å². The lowest BCUT2D eigenvalue weighted by Crippen LogP contribution is -2.38. The Morgan fingerprint density at radius 2 is 2.47 bits per heavy atom. The quantitative estimate of drug-likeness (QED) is 0.840. The van der Waals surface area contributed by atoms with Crippen LogP contribution in [0.1, 0.15) is 23.7 Å². The van der Waals surface area contributed by atoms with E-state index in [4.69, 9.17) is 0 Å². The fraction of sp³-hybridized carbons (Fsp3) is 0.462. The number of fused-ring (bicyclic) bond motifs is 1. The van der Waals surface area contributed by atoms with Crippen molar-refractivity contribution in [3.8, 4) is 0 Å². The van der Waals surface area contributed by atoms with Crippen molar-refractivity contribution in [1.82, 2.24) is 25.2 Å². The number of amides is 1. The van der Waals surface area contributed by atoms with Gasteiger partial charge in [-0.3, -0.25) is 9.78 Å². The maximum absolute atomic E-state index is 12.3. The van der Waals surface area contributed by atoms with Crippen molar-refractivity contribution >= 4 is 11.4 Å². The van der Waals surface area contributed by atoms with E-state index in [1.54, 1.807) is 29.3 Å². The summed E-state index contributed by atoms with van der Waals surface area (Å²) in [6.45, 7) is 4.06. The van der Waals surface area contributed by atoms with Gasteiger partial charge in [-0.25, -0.2) is 4.52 Å². The summed E-state index contributed by atoms with van der Waals surface area (Å²) in [6, 6.07) is 0.161. The van der Waals surface area contributed by atoms with Crippen LogP contribution in [0.2, 0.25) is 0 Å². The maximum atomic E-state index is 12.3. The van der Waals surface area contributed by atoms with Crippen LogP contribution in [-0.2, 0) is 0 Å². The SMILES string of the molecule is CC(NC(=O)c1cnn2ccncc12)C1CCNC1. The molecule has 2 atom stereocenters. The molecule has 2 N–H and O–H groups in total. The Bertz CT molecular complexity index is 587. The van der Waals surface area contributed by atoms with E-state index in [2.05, 4.69) is 27.6 Å². The lowest BCUT2D eigenvalue weighted by molar-refractivity contribution is 0.0930.